The largest absolute Gasteiger partial charge is 0.468 e. The molecule has 0 radical (unpaired) electrons. The Bertz CT molecular complexity index is 1300. The first kappa shape index (κ1) is 27.3. The van der Waals surface area contributed by atoms with E-state index in [2.05, 4.69) is 20.4 Å². The van der Waals surface area contributed by atoms with Gasteiger partial charge in [-0.25, -0.2) is 9.97 Å². The molecule has 0 bridgehead atoms. The SMILES string of the molecule is Cc1cc(Cn2cc3c(NC(=O)CC4CCN(C(=O)C(C)C)CC4)nccc3n2)cnc1OCC(F)(F)F. The average Bonchev–Trinajstić information content (AvgIpc) is 3.26. The molecule has 0 unspecified atom stereocenters. The van der Waals surface area contributed by atoms with Crippen LogP contribution in [0.2, 0.25) is 0 Å². The van der Waals surface area contributed by atoms with Gasteiger partial charge in [0.2, 0.25) is 17.7 Å². The predicted octanol–water partition coefficient (Wildman–Crippen LogP) is 4.35. The Morgan fingerprint density at radius 1 is 1.21 bits per heavy atom. The van der Waals surface area contributed by atoms with E-state index in [1.54, 1.807) is 36.1 Å². The first-order valence-corrected chi connectivity index (χ1v) is 12.5. The van der Waals surface area contributed by atoms with E-state index in [-0.39, 0.29) is 29.5 Å². The summed E-state index contributed by atoms with van der Waals surface area (Å²) in [5.74, 6) is 0.531. The smallest absolute Gasteiger partial charge is 0.422 e. The number of piperidine rings is 1. The van der Waals surface area contributed by atoms with E-state index >= 15 is 0 Å². The molecule has 0 aromatic carbocycles. The molecule has 0 saturated carbocycles. The average molecular weight is 533 g/mol. The van der Waals surface area contributed by atoms with Gasteiger partial charge in [0, 0.05) is 49.6 Å². The van der Waals surface area contributed by atoms with Crippen LogP contribution in [0.1, 0.15) is 44.2 Å². The fraction of sp³-hybridized carbons (Fsp3) is 0.500. The van der Waals surface area contributed by atoms with Crippen molar-refractivity contribution in [1.82, 2.24) is 24.6 Å². The molecule has 9 nitrogen and oxygen atoms in total. The molecular formula is C26H31F3N6O3. The van der Waals surface area contributed by atoms with Crippen LogP contribution < -0.4 is 10.1 Å². The van der Waals surface area contributed by atoms with Gasteiger partial charge in [0.25, 0.3) is 0 Å². The van der Waals surface area contributed by atoms with Gasteiger partial charge in [0.05, 0.1) is 17.4 Å². The molecule has 0 aliphatic carbocycles. The van der Waals surface area contributed by atoms with Crippen LogP contribution in [0.3, 0.4) is 0 Å². The number of aromatic nitrogens is 4. The number of likely N-dealkylation sites (tertiary alicyclic amines) is 1. The number of amides is 2. The quantitative estimate of drug-likeness (QED) is 0.463. The summed E-state index contributed by atoms with van der Waals surface area (Å²) in [6.45, 7) is 5.67. The van der Waals surface area contributed by atoms with Crippen LogP contribution in [0.4, 0.5) is 19.0 Å². The first-order chi connectivity index (χ1) is 18.0. The molecule has 3 aromatic rings. The number of carbonyl (C=O) groups excluding carboxylic acids is 2. The van der Waals surface area contributed by atoms with E-state index in [4.69, 9.17) is 4.74 Å². The van der Waals surface area contributed by atoms with Crippen molar-refractivity contribution in [3.05, 3.63) is 41.9 Å². The number of nitrogens with zero attached hydrogens (tertiary/aromatic N) is 5. The van der Waals surface area contributed by atoms with E-state index in [1.807, 2.05) is 18.7 Å². The summed E-state index contributed by atoms with van der Waals surface area (Å²) in [6.07, 6.45) is 2.27. The van der Waals surface area contributed by atoms with Crippen molar-refractivity contribution in [1.29, 1.82) is 0 Å². The Labute approximate surface area is 218 Å². The van der Waals surface area contributed by atoms with E-state index in [1.165, 1.54) is 6.20 Å². The van der Waals surface area contributed by atoms with Crippen molar-refractivity contribution < 1.29 is 27.5 Å². The minimum Gasteiger partial charge on any atom is -0.468 e. The third-order valence-corrected chi connectivity index (χ3v) is 6.44. The fourth-order valence-corrected chi connectivity index (χ4v) is 4.54. The lowest BCUT2D eigenvalue weighted by Gasteiger charge is -2.32. The van der Waals surface area contributed by atoms with Gasteiger partial charge in [0.15, 0.2) is 6.61 Å². The van der Waals surface area contributed by atoms with Gasteiger partial charge in [0.1, 0.15) is 5.82 Å². The molecular weight excluding hydrogens is 501 g/mol. The maximum Gasteiger partial charge on any atom is 0.422 e. The van der Waals surface area contributed by atoms with Crippen LogP contribution in [0, 0.1) is 18.8 Å². The number of carbonyl (C=O) groups is 2. The number of fused-ring (bicyclic) bond motifs is 1. The molecule has 1 N–H and O–H groups in total. The number of aryl methyl sites for hydroxylation is 1. The topological polar surface area (TPSA) is 102 Å². The van der Waals surface area contributed by atoms with Crippen LogP contribution in [0.15, 0.2) is 30.7 Å². The highest BCUT2D eigenvalue weighted by atomic mass is 19.4. The van der Waals surface area contributed by atoms with Crippen molar-refractivity contribution >= 4 is 28.5 Å². The van der Waals surface area contributed by atoms with Crippen LogP contribution in [-0.4, -0.2) is 62.3 Å². The normalized spacial score (nSPS) is 14.8. The van der Waals surface area contributed by atoms with E-state index in [9.17, 15) is 22.8 Å². The second kappa shape index (κ2) is 11.4. The van der Waals surface area contributed by atoms with Crippen LogP contribution >= 0.6 is 0 Å². The number of anilines is 1. The Hall–Kier alpha value is -3.70. The molecule has 0 atom stereocenters. The highest BCUT2D eigenvalue weighted by Crippen LogP contribution is 2.25. The zero-order chi connectivity index (χ0) is 27.4. The number of hydrogen-bond donors (Lipinski definition) is 1. The van der Waals surface area contributed by atoms with Gasteiger partial charge < -0.3 is 15.0 Å². The summed E-state index contributed by atoms with van der Waals surface area (Å²) in [5, 5.41) is 8.11. The fourth-order valence-electron chi connectivity index (χ4n) is 4.54. The second-order valence-electron chi connectivity index (χ2n) is 9.96. The predicted molar refractivity (Wildman–Crippen MR) is 135 cm³/mol. The van der Waals surface area contributed by atoms with Gasteiger partial charge in [-0.1, -0.05) is 13.8 Å². The maximum absolute atomic E-state index is 12.8. The third kappa shape index (κ3) is 6.99. The van der Waals surface area contributed by atoms with Crippen LogP contribution in [0.25, 0.3) is 10.9 Å². The summed E-state index contributed by atoms with van der Waals surface area (Å²) >= 11 is 0. The molecule has 1 aliphatic heterocycles. The minimum atomic E-state index is -4.44. The Kier molecular flexibility index (Phi) is 8.17. The van der Waals surface area contributed by atoms with Gasteiger partial charge >= 0.3 is 6.18 Å². The number of alkyl halides is 3. The Balaban J connectivity index is 1.37. The molecule has 2 amide bonds. The van der Waals surface area contributed by atoms with E-state index < -0.39 is 12.8 Å². The number of hydrogen-bond acceptors (Lipinski definition) is 6. The Morgan fingerprint density at radius 2 is 1.95 bits per heavy atom. The summed E-state index contributed by atoms with van der Waals surface area (Å²) in [5.41, 5.74) is 1.86. The van der Waals surface area contributed by atoms with E-state index in [0.717, 1.165) is 18.4 Å². The maximum atomic E-state index is 12.8. The van der Waals surface area contributed by atoms with Crippen molar-refractivity contribution in [3.63, 3.8) is 0 Å². The first-order valence-electron chi connectivity index (χ1n) is 12.5. The number of ether oxygens (including phenoxy) is 1. The molecule has 0 spiro atoms. The number of halogens is 3. The number of pyridine rings is 2. The van der Waals surface area contributed by atoms with Gasteiger partial charge in [-0.3, -0.25) is 14.3 Å². The molecule has 1 fully saturated rings. The van der Waals surface area contributed by atoms with Crippen molar-refractivity contribution in [3.8, 4) is 5.88 Å². The monoisotopic (exact) mass is 532 g/mol. The zero-order valence-electron chi connectivity index (χ0n) is 21.6. The lowest BCUT2D eigenvalue weighted by molar-refractivity contribution is -0.154. The molecule has 12 heteroatoms. The molecule has 1 saturated heterocycles. The number of nitrogens with one attached hydrogen (secondary N) is 1. The highest BCUT2D eigenvalue weighted by molar-refractivity contribution is 5.99. The zero-order valence-corrected chi connectivity index (χ0v) is 21.6. The van der Waals surface area contributed by atoms with E-state index in [0.29, 0.717) is 48.3 Å². The molecule has 204 valence electrons. The highest BCUT2D eigenvalue weighted by Gasteiger charge is 2.29. The molecule has 3 aromatic heterocycles. The van der Waals surface area contributed by atoms with Gasteiger partial charge in [-0.05, 0) is 43.4 Å². The lowest BCUT2D eigenvalue weighted by atomic mass is 9.92. The third-order valence-electron chi connectivity index (χ3n) is 6.44. The standard InChI is InChI=1S/C26H31F3N6O3/c1-16(2)25(37)34-8-5-18(6-9-34)11-22(36)32-23-20-14-35(33-21(20)4-7-30-23)13-19-10-17(3)24(31-12-19)38-15-26(27,28)29/h4,7,10,12,14,16,18H,5-6,8-9,11,13,15H2,1-3H3,(H,30,32,36). The second-order valence-corrected chi connectivity index (χ2v) is 9.96. The minimum absolute atomic E-state index is 0.0285. The van der Waals surface area contributed by atoms with Crippen LogP contribution in [-0.2, 0) is 16.1 Å². The molecule has 1 aliphatic rings. The summed E-state index contributed by atoms with van der Waals surface area (Å²) in [6, 6.07) is 3.44. The number of rotatable bonds is 8. The summed E-state index contributed by atoms with van der Waals surface area (Å²) in [7, 11) is 0. The van der Waals surface area contributed by atoms with Crippen LogP contribution in [0.5, 0.6) is 5.88 Å². The summed E-state index contributed by atoms with van der Waals surface area (Å²) < 4.78 is 43.7. The van der Waals surface area contributed by atoms with Crippen molar-refractivity contribution in [2.24, 2.45) is 11.8 Å². The Morgan fingerprint density at radius 3 is 2.61 bits per heavy atom. The van der Waals surface area contributed by atoms with Crippen molar-refractivity contribution in [2.45, 2.75) is 52.8 Å². The molecule has 4 heterocycles. The molecule has 38 heavy (non-hydrogen) atoms. The van der Waals surface area contributed by atoms with Gasteiger partial charge in [-0.2, -0.15) is 18.3 Å². The molecule has 4 rings (SSSR count). The lowest BCUT2D eigenvalue weighted by Crippen LogP contribution is -2.41. The van der Waals surface area contributed by atoms with Crippen molar-refractivity contribution in [2.75, 3.05) is 25.0 Å². The van der Waals surface area contributed by atoms with Gasteiger partial charge in [-0.15, -0.1) is 0 Å². The summed E-state index contributed by atoms with van der Waals surface area (Å²) in [4.78, 5) is 35.2.